The maximum absolute atomic E-state index is 13.9. The summed E-state index contributed by atoms with van der Waals surface area (Å²) in [5, 5.41) is 2.89. The predicted molar refractivity (Wildman–Crippen MR) is 151 cm³/mol. The van der Waals surface area contributed by atoms with Crippen molar-refractivity contribution in [3.8, 4) is 0 Å². The van der Waals surface area contributed by atoms with E-state index in [4.69, 9.17) is 0 Å². The van der Waals surface area contributed by atoms with Crippen molar-refractivity contribution in [2.75, 3.05) is 10.8 Å². The zero-order valence-electron chi connectivity index (χ0n) is 23.0. The van der Waals surface area contributed by atoms with Crippen LogP contribution in [-0.2, 0) is 26.2 Å². The lowest BCUT2D eigenvalue weighted by molar-refractivity contribution is -0.139. The Bertz CT molecular complexity index is 1380. The van der Waals surface area contributed by atoms with E-state index in [2.05, 4.69) is 5.32 Å². The Labute approximate surface area is 230 Å². The van der Waals surface area contributed by atoms with E-state index in [0.717, 1.165) is 15.4 Å². The fourth-order valence-corrected chi connectivity index (χ4v) is 5.33. The summed E-state index contributed by atoms with van der Waals surface area (Å²) in [6, 6.07) is 17.9. The molecule has 0 spiro atoms. The smallest absolute Gasteiger partial charge is 0.264 e. The summed E-state index contributed by atoms with van der Waals surface area (Å²) in [5.41, 5.74) is 2.77. The van der Waals surface area contributed by atoms with Gasteiger partial charge < -0.3 is 10.2 Å². The highest BCUT2D eigenvalue weighted by atomic mass is 32.2. The summed E-state index contributed by atoms with van der Waals surface area (Å²) in [6.45, 7) is 8.62. The fraction of sp³-hybridized carbons (Fsp3) is 0.333. The largest absolute Gasteiger partial charge is 0.352 e. The minimum absolute atomic E-state index is 0.000519. The molecule has 7 nitrogen and oxygen atoms in total. The van der Waals surface area contributed by atoms with Gasteiger partial charge >= 0.3 is 0 Å². The molecular weight excluding hydrogens is 517 g/mol. The zero-order valence-corrected chi connectivity index (χ0v) is 23.8. The van der Waals surface area contributed by atoms with Crippen molar-refractivity contribution in [1.29, 1.82) is 0 Å². The van der Waals surface area contributed by atoms with Crippen LogP contribution in [0.25, 0.3) is 0 Å². The number of nitrogens with zero attached hydrogens (tertiary/aromatic N) is 2. The number of hydrogen-bond acceptors (Lipinski definition) is 4. The van der Waals surface area contributed by atoms with E-state index in [1.165, 1.54) is 41.3 Å². The molecule has 0 aromatic heterocycles. The first-order chi connectivity index (χ1) is 18.4. The Morgan fingerprint density at radius 3 is 1.95 bits per heavy atom. The third-order valence-corrected chi connectivity index (χ3v) is 8.43. The summed E-state index contributed by atoms with van der Waals surface area (Å²) in [5.74, 6) is -1.35. The molecule has 2 atom stereocenters. The molecule has 3 rings (SSSR count). The maximum Gasteiger partial charge on any atom is 0.264 e. The number of aryl methyl sites for hydroxylation is 2. The van der Waals surface area contributed by atoms with Crippen LogP contribution in [0.3, 0.4) is 0 Å². The van der Waals surface area contributed by atoms with Crippen LogP contribution in [-0.4, -0.2) is 43.8 Å². The molecule has 1 N–H and O–H groups in total. The van der Waals surface area contributed by atoms with Crippen LogP contribution < -0.4 is 9.62 Å². The molecule has 0 aliphatic heterocycles. The van der Waals surface area contributed by atoms with Gasteiger partial charge in [-0.3, -0.25) is 13.9 Å². The highest BCUT2D eigenvalue weighted by molar-refractivity contribution is 7.92. The molecule has 208 valence electrons. The topological polar surface area (TPSA) is 86.8 Å². The van der Waals surface area contributed by atoms with Crippen molar-refractivity contribution in [2.24, 2.45) is 0 Å². The SMILES string of the molecule is CCC(C)NC(=O)C(C)N(Cc1ccc(F)cc1)C(=O)CN(c1ccc(C)cc1)S(=O)(=O)c1ccc(C)cc1. The first-order valence-electron chi connectivity index (χ1n) is 12.9. The van der Waals surface area contributed by atoms with Crippen LogP contribution in [0, 0.1) is 19.7 Å². The minimum atomic E-state index is -4.12. The Morgan fingerprint density at radius 1 is 0.872 bits per heavy atom. The van der Waals surface area contributed by atoms with E-state index < -0.39 is 34.3 Å². The molecule has 0 aliphatic rings. The van der Waals surface area contributed by atoms with Gasteiger partial charge in [-0.05, 0) is 76.1 Å². The first kappa shape index (κ1) is 29.8. The second-order valence-electron chi connectivity index (χ2n) is 9.80. The highest BCUT2D eigenvalue weighted by Gasteiger charge is 2.32. The van der Waals surface area contributed by atoms with Crippen molar-refractivity contribution in [2.45, 2.75) is 64.6 Å². The second kappa shape index (κ2) is 12.9. The monoisotopic (exact) mass is 553 g/mol. The lowest BCUT2D eigenvalue weighted by atomic mass is 10.1. The highest BCUT2D eigenvalue weighted by Crippen LogP contribution is 2.25. The van der Waals surface area contributed by atoms with E-state index in [1.807, 2.05) is 27.7 Å². The summed E-state index contributed by atoms with van der Waals surface area (Å²) >= 11 is 0. The van der Waals surface area contributed by atoms with Crippen molar-refractivity contribution < 1.29 is 22.4 Å². The third-order valence-electron chi connectivity index (χ3n) is 6.64. The molecule has 39 heavy (non-hydrogen) atoms. The lowest BCUT2D eigenvalue weighted by Gasteiger charge is -2.32. The van der Waals surface area contributed by atoms with E-state index >= 15 is 0 Å². The van der Waals surface area contributed by atoms with Gasteiger partial charge in [-0.2, -0.15) is 0 Å². The van der Waals surface area contributed by atoms with Crippen molar-refractivity contribution >= 4 is 27.5 Å². The summed E-state index contributed by atoms with van der Waals surface area (Å²) in [4.78, 5) is 28.3. The van der Waals surface area contributed by atoms with Crippen LogP contribution in [0.4, 0.5) is 10.1 Å². The molecule has 0 saturated heterocycles. The molecule has 3 aromatic carbocycles. The number of halogens is 1. The molecule has 0 heterocycles. The van der Waals surface area contributed by atoms with E-state index in [1.54, 1.807) is 43.3 Å². The molecule has 0 bridgehead atoms. The molecule has 9 heteroatoms. The molecule has 0 aliphatic carbocycles. The summed E-state index contributed by atoms with van der Waals surface area (Å²) < 4.78 is 42.2. The third kappa shape index (κ3) is 7.66. The molecule has 0 saturated carbocycles. The van der Waals surface area contributed by atoms with Gasteiger partial charge in [0, 0.05) is 12.6 Å². The normalized spacial score (nSPS) is 12.9. The van der Waals surface area contributed by atoms with Crippen LogP contribution in [0.15, 0.2) is 77.7 Å². The number of nitrogens with one attached hydrogen (secondary N) is 1. The Hall–Kier alpha value is -3.72. The Balaban J connectivity index is 2.01. The summed E-state index contributed by atoms with van der Waals surface area (Å²) in [7, 11) is -4.12. The summed E-state index contributed by atoms with van der Waals surface area (Å²) in [6.07, 6.45) is 0.709. The predicted octanol–water partition coefficient (Wildman–Crippen LogP) is 4.97. The van der Waals surface area contributed by atoms with Gasteiger partial charge in [0.25, 0.3) is 10.0 Å². The van der Waals surface area contributed by atoms with E-state index in [0.29, 0.717) is 17.7 Å². The second-order valence-corrected chi connectivity index (χ2v) is 11.7. The molecule has 2 unspecified atom stereocenters. The quantitative estimate of drug-likeness (QED) is 0.363. The maximum atomic E-state index is 13.9. The van der Waals surface area contributed by atoms with Crippen molar-refractivity contribution in [3.63, 3.8) is 0 Å². The van der Waals surface area contributed by atoms with Gasteiger partial charge in [-0.15, -0.1) is 0 Å². The lowest BCUT2D eigenvalue weighted by Crippen LogP contribution is -2.52. The van der Waals surface area contributed by atoms with E-state index in [9.17, 15) is 22.4 Å². The number of carbonyl (C=O) groups is 2. The molecular formula is C30H36FN3O4S. The number of amides is 2. The van der Waals surface area contributed by atoms with Crippen LogP contribution in [0.1, 0.15) is 43.9 Å². The average Bonchev–Trinajstić information content (AvgIpc) is 2.91. The van der Waals surface area contributed by atoms with Gasteiger partial charge in [-0.1, -0.05) is 54.4 Å². The standard InChI is InChI=1S/C30H36FN3O4S/c1-6-23(4)32-30(36)24(5)33(19-25-11-13-26(31)14-12-25)29(35)20-34(27-15-7-21(2)8-16-27)39(37,38)28-17-9-22(3)10-18-28/h7-18,23-24H,6,19-20H2,1-5H3,(H,32,36). The average molecular weight is 554 g/mol. The zero-order chi connectivity index (χ0) is 28.7. The number of carbonyl (C=O) groups excluding carboxylic acids is 2. The molecule has 0 fully saturated rings. The number of sulfonamides is 1. The van der Waals surface area contributed by atoms with Gasteiger partial charge in [0.1, 0.15) is 18.4 Å². The number of anilines is 1. The van der Waals surface area contributed by atoms with Crippen molar-refractivity contribution in [3.05, 3.63) is 95.3 Å². The van der Waals surface area contributed by atoms with Gasteiger partial charge in [-0.25, -0.2) is 12.8 Å². The van der Waals surface area contributed by atoms with Crippen LogP contribution >= 0.6 is 0 Å². The Kier molecular flexibility index (Phi) is 9.86. The van der Waals surface area contributed by atoms with Gasteiger partial charge in [0.05, 0.1) is 10.6 Å². The number of benzene rings is 3. The van der Waals surface area contributed by atoms with Crippen molar-refractivity contribution in [1.82, 2.24) is 10.2 Å². The van der Waals surface area contributed by atoms with Crippen LogP contribution in [0.5, 0.6) is 0 Å². The molecule has 0 radical (unpaired) electrons. The van der Waals surface area contributed by atoms with Gasteiger partial charge in [0.2, 0.25) is 11.8 Å². The number of rotatable bonds is 11. The Morgan fingerprint density at radius 2 is 1.41 bits per heavy atom. The number of hydrogen-bond donors (Lipinski definition) is 1. The minimum Gasteiger partial charge on any atom is -0.352 e. The first-order valence-corrected chi connectivity index (χ1v) is 14.4. The van der Waals surface area contributed by atoms with Crippen LogP contribution in [0.2, 0.25) is 0 Å². The fourth-order valence-electron chi connectivity index (χ4n) is 3.91. The molecule has 2 amide bonds. The van der Waals surface area contributed by atoms with E-state index in [-0.39, 0.29) is 23.4 Å². The molecule has 3 aromatic rings. The van der Waals surface area contributed by atoms with Gasteiger partial charge in [0.15, 0.2) is 0 Å².